The molecule has 2 aromatic rings. The van der Waals surface area contributed by atoms with Crippen LogP contribution in [0.2, 0.25) is 0 Å². The standard InChI is InChI=1S/C19H21NO5/c1-3-4-5-15(19(23)24)20-17(21)9-7-13-11-25-16-8-6-12(2)10-14(16)18(13)22/h6-11,15H,3-5H2,1-2H3,(H,20,21)(H,23,24)/b9-7+. The van der Waals surface area contributed by atoms with Crippen LogP contribution in [-0.2, 0) is 9.59 Å². The van der Waals surface area contributed by atoms with Crippen molar-refractivity contribution in [3.05, 3.63) is 51.9 Å². The van der Waals surface area contributed by atoms with Crippen molar-refractivity contribution >= 4 is 28.9 Å². The summed E-state index contributed by atoms with van der Waals surface area (Å²) < 4.78 is 5.41. The molecule has 6 heteroatoms. The summed E-state index contributed by atoms with van der Waals surface area (Å²) in [7, 11) is 0. The Morgan fingerprint density at radius 2 is 2.12 bits per heavy atom. The summed E-state index contributed by atoms with van der Waals surface area (Å²) >= 11 is 0. The summed E-state index contributed by atoms with van der Waals surface area (Å²) in [6, 6.07) is 4.35. The van der Waals surface area contributed by atoms with Gasteiger partial charge in [-0.1, -0.05) is 31.4 Å². The van der Waals surface area contributed by atoms with Gasteiger partial charge in [0.05, 0.1) is 10.9 Å². The van der Waals surface area contributed by atoms with Crippen LogP contribution in [0.15, 0.2) is 39.7 Å². The molecule has 0 aliphatic carbocycles. The fourth-order valence-electron chi connectivity index (χ4n) is 2.43. The molecule has 0 aliphatic heterocycles. The van der Waals surface area contributed by atoms with E-state index in [0.29, 0.717) is 23.8 Å². The Bertz CT molecular complexity index is 866. The van der Waals surface area contributed by atoms with Crippen LogP contribution < -0.4 is 10.7 Å². The highest BCUT2D eigenvalue weighted by molar-refractivity contribution is 5.94. The van der Waals surface area contributed by atoms with Crippen LogP contribution in [0.4, 0.5) is 0 Å². The summed E-state index contributed by atoms with van der Waals surface area (Å²) in [4.78, 5) is 35.5. The monoisotopic (exact) mass is 343 g/mol. The second kappa shape index (κ2) is 8.28. The highest BCUT2D eigenvalue weighted by atomic mass is 16.4. The number of carboxylic acids is 1. The van der Waals surface area contributed by atoms with Crippen molar-refractivity contribution < 1.29 is 19.1 Å². The second-order valence-corrected chi connectivity index (χ2v) is 5.89. The first-order valence-electron chi connectivity index (χ1n) is 8.16. The Kier molecular flexibility index (Phi) is 6.11. The molecule has 132 valence electrons. The van der Waals surface area contributed by atoms with E-state index < -0.39 is 17.9 Å². The van der Waals surface area contributed by atoms with Crippen LogP contribution >= 0.6 is 0 Å². The van der Waals surface area contributed by atoms with Crippen molar-refractivity contribution in [1.82, 2.24) is 5.32 Å². The molecule has 1 aromatic carbocycles. The quantitative estimate of drug-likeness (QED) is 0.754. The van der Waals surface area contributed by atoms with Crippen LogP contribution in [0.5, 0.6) is 0 Å². The summed E-state index contributed by atoms with van der Waals surface area (Å²) in [5.74, 6) is -1.64. The SMILES string of the molecule is CCCCC(NC(=O)/C=C/c1coc2ccc(C)cc2c1=O)C(=O)O. The number of carboxylic acid groups (broad SMARTS) is 1. The number of benzene rings is 1. The van der Waals surface area contributed by atoms with Gasteiger partial charge >= 0.3 is 5.97 Å². The first kappa shape index (κ1) is 18.4. The lowest BCUT2D eigenvalue weighted by Gasteiger charge is -2.12. The van der Waals surface area contributed by atoms with Gasteiger partial charge in [-0.05, 0) is 31.6 Å². The minimum Gasteiger partial charge on any atom is -0.480 e. The van der Waals surface area contributed by atoms with Gasteiger partial charge in [-0.25, -0.2) is 4.79 Å². The fourth-order valence-corrected chi connectivity index (χ4v) is 2.43. The molecule has 0 aliphatic rings. The first-order valence-corrected chi connectivity index (χ1v) is 8.16. The molecule has 0 fully saturated rings. The van der Waals surface area contributed by atoms with Crippen molar-refractivity contribution in [2.45, 2.75) is 39.2 Å². The molecule has 6 nitrogen and oxygen atoms in total. The molecular formula is C19H21NO5. The molecule has 1 aromatic heterocycles. The third-order valence-corrected chi connectivity index (χ3v) is 3.83. The topological polar surface area (TPSA) is 96.6 Å². The Labute approximate surface area is 145 Å². The maximum absolute atomic E-state index is 12.4. The normalized spacial score (nSPS) is 12.4. The number of aliphatic carboxylic acids is 1. The minimum absolute atomic E-state index is 0.230. The van der Waals surface area contributed by atoms with Crippen LogP contribution in [0.3, 0.4) is 0 Å². The van der Waals surface area contributed by atoms with Crippen molar-refractivity contribution in [2.75, 3.05) is 0 Å². The molecule has 0 spiro atoms. The number of hydrogen-bond acceptors (Lipinski definition) is 4. The van der Waals surface area contributed by atoms with Gasteiger partial charge in [0, 0.05) is 6.08 Å². The van der Waals surface area contributed by atoms with Gasteiger partial charge in [0.1, 0.15) is 17.9 Å². The molecule has 25 heavy (non-hydrogen) atoms. The van der Waals surface area contributed by atoms with E-state index in [-0.39, 0.29) is 11.0 Å². The van der Waals surface area contributed by atoms with E-state index in [1.54, 1.807) is 12.1 Å². The molecule has 2 rings (SSSR count). The average molecular weight is 343 g/mol. The first-order chi connectivity index (χ1) is 11.9. The minimum atomic E-state index is -1.07. The lowest BCUT2D eigenvalue weighted by Crippen LogP contribution is -2.39. The largest absolute Gasteiger partial charge is 0.480 e. The summed E-state index contributed by atoms with van der Waals surface area (Å²) in [5, 5.41) is 12.0. The zero-order valence-corrected chi connectivity index (χ0v) is 14.2. The summed E-state index contributed by atoms with van der Waals surface area (Å²) in [5.41, 5.74) is 1.39. The van der Waals surface area contributed by atoms with E-state index >= 15 is 0 Å². The van der Waals surface area contributed by atoms with E-state index in [1.807, 2.05) is 19.9 Å². The zero-order valence-electron chi connectivity index (χ0n) is 14.2. The van der Waals surface area contributed by atoms with Gasteiger partial charge in [-0.15, -0.1) is 0 Å². The zero-order chi connectivity index (χ0) is 18.4. The maximum Gasteiger partial charge on any atom is 0.326 e. The van der Waals surface area contributed by atoms with E-state index in [4.69, 9.17) is 9.52 Å². The molecule has 0 saturated heterocycles. The van der Waals surface area contributed by atoms with Crippen LogP contribution in [-0.4, -0.2) is 23.0 Å². The van der Waals surface area contributed by atoms with E-state index in [0.717, 1.165) is 18.1 Å². The number of carbonyl (C=O) groups is 2. The number of carbonyl (C=O) groups excluding carboxylic acids is 1. The number of hydrogen-bond donors (Lipinski definition) is 2. The van der Waals surface area contributed by atoms with E-state index in [1.165, 1.54) is 12.3 Å². The van der Waals surface area contributed by atoms with Crippen molar-refractivity contribution in [3.63, 3.8) is 0 Å². The number of amides is 1. The number of unbranched alkanes of at least 4 members (excludes halogenated alkanes) is 1. The lowest BCUT2D eigenvalue weighted by atomic mass is 10.1. The third-order valence-electron chi connectivity index (χ3n) is 3.83. The highest BCUT2D eigenvalue weighted by Crippen LogP contribution is 2.13. The van der Waals surface area contributed by atoms with Crippen LogP contribution in [0, 0.1) is 6.92 Å². The van der Waals surface area contributed by atoms with Gasteiger partial charge in [0.25, 0.3) is 0 Å². The van der Waals surface area contributed by atoms with Crippen molar-refractivity contribution in [3.8, 4) is 0 Å². The molecule has 1 unspecified atom stereocenters. The molecular weight excluding hydrogens is 322 g/mol. The molecule has 1 heterocycles. The smallest absolute Gasteiger partial charge is 0.326 e. The Balaban J connectivity index is 2.16. The van der Waals surface area contributed by atoms with E-state index in [2.05, 4.69) is 5.32 Å². The predicted octanol–water partition coefficient (Wildman–Crippen LogP) is 2.87. The third kappa shape index (κ3) is 4.79. The highest BCUT2D eigenvalue weighted by Gasteiger charge is 2.17. The second-order valence-electron chi connectivity index (χ2n) is 5.89. The number of nitrogens with one attached hydrogen (secondary N) is 1. The average Bonchev–Trinajstić information content (AvgIpc) is 2.58. The van der Waals surface area contributed by atoms with Crippen molar-refractivity contribution in [1.29, 1.82) is 0 Å². The Hall–Kier alpha value is -2.89. The Morgan fingerprint density at radius 1 is 1.36 bits per heavy atom. The number of aryl methyl sites for hydroxylation is 1. The van der Waals surface area contributed by atoms with Gasteiger partial charge in [0.15, 0.2) is 5.43 Å². The van der Waals surface area contributed by atoms with Gasteiger partial charge in [-0.3, -0.25) is 9.59 Å². The molecule has 2 N–H and O–H groups in total. The van der Waals surface area contributed by atoms with Gasteiger partial charge in [-0.2, -0.15) is 0 Å². The summed E-state index contributed by atoms with van der Waals surface area (Å²) in [6.45, 7) is 3.82. The van der Waals surface area contributed by atoms with Gasteiger partial charge < -0.3 is 14.8 Å². The molecule has 1 amide bonds. The molecule has 0 radical (unpaired) electrons. The Morgan fingerprint density at radius 3 is 2.80 bits per heavy atom. The molecule has 0 saturated carbocycles. The van der Waals surface area contributed by atoms with Crippen LogP contribution in [0.1, 0.15) is 37.3 Å². The van der Waals surface area contributed by atoms with Gasteiger partial charge in [0.2, 0.25) is 5.91 Å². The molecule has 1 atom stereocenters. The van der Waals surface area contributed by atoms with Crippen molar-refractivity contribution in [2.24, 2.45) is 0 Å². The fraction of sp³-hybridized carbons (Fsp3) is 0.316. The van der Waals surface area contributed by atoms with Crippen LogP contribution in [0.25, 0.3) is 17.0 Å². The van der Waals surface area contributed by atoms with E-state index in [9.17, 15) is 14.4 Å². The predicted molar refractivity (Wildman–Crippen MR) is 95.3 cm³/mol. The number of rotatable bonds is 7. The summed E-state index contributed by atoms with van der Waals surface area (Å²) in [6.07, 6.45) is 5.68. The lowest BCUT2D eigenvalue weighted by molar-refractivity contribution is -0.141. The maximum atomic E-state index is 12.4. The molecule has 0 bridgehead atoms. The number of fused-ring (bicyclic) bond motifs is 1.